The van der Waals surface area contributed by atoms with Crippen LogP contribution >= 0.6 is 0 Å². The fourth-order valence-corrected chi connectivity index (χ4v) is 2.65. The Morgan fingerprint density at radius 3 is 1.94 bits per heavy atom. The van der Waals surface area contributed by atoms with Crippen molar-refractivity contribution in [2.75, 3.05) is 39.3 Å². The molecule has 2 rings (SSSR count). The van der Waals surface area contributed by atoms with Gasteiger partial charge in [0.25, 0.3) is 0 Å². The molecule has 0 spiro atoms. The SMILES string of the molecule is CC(C)C1CCCNC1.CC(C)N1CCNCC1. The van der Waals surface area contributed by atoms with Crippen LogP contribution in [-0.4, -0.2) is 50.2 Å². The summed E-state index contributed by atoms with van der Waals surface area (Å²) >= 11 is 0. The van der Waals surface area contributed by atoms with Gasteiger partial charge < -0.3 is 10.6 Å². The third kappa shape index (κ3) is 6.17. The number of hydrogen-bond donors (Lipinski definition) is 2. The minimum atomic E-state index is 0.729. The van der Waals surface area contributed by atoms with Crippen LogP contribution in [0.5, 0.6) is 0 Å². The van der Waals surface area contributed by atoms with Crippen LogP contribution < -0.4 is 10.6 Å². The van der Waals surface area contributed by atoms with E-state index in [1.807, 2.05) is 0 Å². The normalized spacial score (nSPS) is 26.0. The largest absolute Gasteiger partial charge is 0.316 e. The van der Waals surface area contributed by atoms with Gasteiger partial charge in [-0.1, -0.05) is 13.8 Å². The summed E-state index contributed by atoms with van der Waals surface area (Å²) in [5, 5.41) is 6.74. The zero-order valence-corrected chi connectivity index (χ0v) is 12.8. The van der Waals surface area contributed by atoms with E-state index in [-0.39, 0.29) is 0 Å². The Morgan fingerprint density at radius 2 is 1.61 bits per heavy atom. The minimum absolute atomic E-state index is 0.729. The van der Waals surface area contributed by atoms with Gasteiger partial charge in [-0.25, -0.2) is 0 Å². The Kier molecular flexibility index (Phi) is 7.87. The molecule has 0 bridgehead atoms. The van der Waals surface area contributed by atoms with Crippen molar-refractivity contribution in [2.24, 2.45) is 11.8 Å². The smallest absolute Gasteiger partial charge is 0.0110 e. The monoisotopic (exact) mass is 255 g/mol. The molecule has 0 aromatic rings. The molecular weight excluding hydrogens is 222 g/mol. The van der Waals surface area contributed by atoms with E-state index < -0.39 is 0 Å². The lowest BCUT2D eigenvalue weighted by molar-refractivity contribution is 0.196. The number of hydrogen-bond acceptors (Lipinski definition) is 3. The van der Waals surface area contributed by atoms with Gasteiger partial charge in [0.1, 0.15) is 0 Å². The van der Waals surface area contributed by atoms with Gasteiger partial charge in [-0.2, -0.15) is 0 Å². The lowest BCUT2D eigenvalue weighted by atomic mass is 9.89. The first kappa shape index (κ1) is 15.9. The Bertz CT molecular complexity index is 170. The molecule has 0 amide bonds. The summed E-state index contributed by atoms with van der Waals surface area (Å²) in [7, 11) is 0. The maximum atomic E-state index is 3.42. The number of rotatable bonds is 2. The molecule has 3 nitrogen and oxygen atoms in total. The fraction of sp³-hybridized carbons (Fsp3) is 1.00. The van der Waals surface area contributed by atoms with Crippen molar-refractivity contribution < 1.29 is 0 Å². The van der Waals surface area contributed by atoms with Crippen molar-refractivity contribution >= 4 is 0 Å². The minimum Gasteiger partial charge on any atom is -0.316 e. The number of piperazine rings is 1. The Morgan fingerprint density at radius 1 is 0.944 bits per heavy atom. The van der Waals surface area contributed by atoms with E-state index in [1.165, 1.54) is 39.0 Å². The quantitative estimate of drug-likeness (QED) is 0.790. The summed E-state index contributed by atoms with van der Waals surface area (Å²) in [5.41, 5.74) is 0. The third-order valence-corrected chi connectivity index (χ3v) is 4.16. The first-order valence-electron chi connectivity index (χ1n) is 7.76. The van der Waals surface area contributed by atoms with Crippen LogP contribution in [0.15, 0.2) is 0 Å². The molecular formula is C15H33N3. The van der Waals surface area contributed by atoms with Crippen molar-refractivity contribution in [1.82, 2.24) is 15.5 Å². The van der Waals surface area contributed by atoms with Gasteiger partial charge in [0.15, 0.2) is 0 Å². The van der Waals surface area contributed by atoms with Crippen LogP contribution in [0.4, 0.5) is 0 Å². The molecule has 2 saturated heterocycles. The lowest BCUT2D eigenvalue weighted by Crippen LogP contribution is -2.46. The average Bonchev–Trinajstić information content (AvgIpc) is 2.41. The molecule has 2 N–H and O–H groups in total. The predicted molar refractivity (Wildman–Crippen MR) is 80.0 cm³/mol. The molecule has 2 fully saturated rings. The second-order valence-electron chi connectivity index (χ2n) is 6.23. The molecule has 1 atom stereocenters. The first-order valence-corrected chi connectivity index (χ1v) is 7.76. The van der Waals surface area contributed by atoms with Crippen LogP contribution in [0, 0.1) is 11.8 Å². The molecule has 0 radical (unpaired) electrons. The summed E-state index contributed by atoms with van der Waals surface area (Å²) in [6, 6.07) is 0.729. The lowest BCUT2D eigenvalue weighted by Gasteiger charge is -2.30. The molecule has 3 heteroatoms. The Hall–Kier alpha value is -0.120. The average molecular weight is 255 g/mol. The summed E-state index contributed by atoms with van der Waals surface area (Å²) < 4.78 is 0. The Balaban J connectivity index is 0.000000180. The van der Waals surface area contributed by atoms with E-state index in [0.717, 1.165) is 31.0 Å². The van der Waals surface area contributed by atoms with Gasteiger partial charge in [-0.05, 0) is 51.6 Å². The Labute approximate surface area is 114 Å². The second-order valence-corrected chi connectivity index (χ2v) is 6.23. The zero-order valence-electron chi connectivity index (χ0n) is 12.8. The van der Waals surface area contributed by atoms with Gasteiger partial charge in [0.05, 0.1) is 0 Å². The number of nitrogens with zero attached hydrogens (tertiary/aromatic N) is 1. The fourth-order valence-electron chi connectivity index (χ4n) is 2.65. The van der Waals surface area contributed by atoms with Crippen molar-refractivity contribution in [1.29, 1.82) is 0 Å². The van der Waals surface area contributed by atoms with Crippen molar-refractivity contribution in [3.63, 3.8) is 0 Å². The maximum absolute atomic E-state index is 3.42. The van der Waals surface area contributed by atoms with E-state index in [9.17, 15) is 0 Å². The van der Waals surface area contributed by atoms with Gasteiger partial charge in [-0.3, -0.25) is 4.90 Å². The highest BCUT2D eigenvalue weighted by atomic mass is 15.2. The van der Waals surface area contributed by atoms with E-state index in [1.54, 1.807) is 0 Å². The van der Waals surface area contributed by atoms with E-state index in [2.05, 4.69) is 43.2 Å². The van der Waals surface area contributed by atoms with Crippen molar-refractivity contribution in [3.05, 3.63) is 0 Å². The highest BCUT2D eigenvalue weighted by Crippen LogP contribution is 2.18. The molecule has 0 aromatic carbocycles. The molecule has 0 aromatic heterocycles. The van der Waals surface area contributed by atoms with E-state index in [0.29, 0.717) is 0 Å². The maximum Gasteiger partial charge on any atom is 0.0110 e. The number of nitrogens with one attached hydrogen (secondary N) is 2. The van der Waals surface area contributed by atoms with Gasteiger partial charge in [0, 0.05) is 32.2 Å². The molecule has 0 saturated carbocycles. The standard InChI is InChI=1S/C8H17N.C7H16N2/c1-7(2)8-4-3-5-9-6-8;1-7(2)9-5-3-8-4-6-9/h7-9H,3-6H2,1-2H3;7-8H,3-6H2,1-2H3. The zero-order chi connectivity index (χ0) is 13.4. The third-order valence-electron chi connectivity index (χ3n) is 4.16. The highest BCUT2D eigenvalue weighted by molar-refractivity contribution is 4.71. The summed E-state index contributed by atoms with van der Waals surface area (Å²) in [5.74, 6) is 1.82. The van der Waals surface area contributed by atoms with Crippen LogP contribution in [0.1, 0.15) is 40.5 Å². The van der Waals surface area contributed by atoms with Crippen LogP contribution in [0.2, 0.25) is 0 Å². The molecule has 2 aliphatic rings. The predicted octanol–water partition coefficient (Wildman–Crippen LogP) is 1.94. The first-order chi connectivity index (χ1) is 8.61. The van der Waals surface area contributed by atoms with Crippen LogP contribution in [0.3, 0.4) is 0 Å². The van der Waals surface area contributed by atoms with Crippen molar-refractivity contribution in [2.45, 2.75) is 46.6 Å². The summed E-state index contributed by atoms with van der Waals surface area (Å²) in [4.78, 5) is 2.50. The molecule has 2 heterocycles. The second kappa shape index (κ2) is 8.89. The van der Waals surface area contributed by atoms with Crippen LogP contribution in [0.25, 0.3) is 0 Å². The van der Waals surface area contributed by atoms with Gasteiger partial charge >= 0.3 is 0 Å². The molecule has 1 unspecified atom stereocenters. The topological polar surface area (TPSA) is 27.3 Å². The molecule has 18 heavy (non-hydrogen) atoms. The summed E-state index contributed by atoms with van der Waals surface area (Å²) in [6.07, 6.45) is 2.81. The molecule has 2 aliphatic heterocycles. The van der Waals surface area contributed by atoms with Gasteiger partial charge in [0.2, 0.25) is 0 Å². The van der Waals surface area contributed by atoms with E-state index in [4.69, 9.17) is 0 Å². The molecule has 108 valence electrons. The van der Waals surface area contributed by atoms with Crippen LogP contribution in [-0.2, 0) is 0 Å². The number of piperidine rings is 1. The van der Waals surface area contributed by atoms with E-state index >= 15 is 0 Å². The highest BCUT2D eigenvalue weighted by Gasteiger charge is 2.15. The molecule has 0 aliphatic carbocycles. The van der Waals surface area contributed by atoms with Crippen molar-refractivity contribution in [3.8, 4) is 0 Å². The van der Waals surface area contributed by atoms with Gasteiger partial charge in [-0.15, -0.1) is 0 Å². The summed E-state index contributed by atoms with van der Waals surface area (Å²) in [6.45, 7) is 16.4.